The van der Waals surface area contributed by atoms with Gasteiger partial charge in [-0.1, -0.05) is 30.0 Å². The molecule has 0 radical (unpaired) electrons. The van der Waals surface area contributed by atoms with Gasteiger partial charge in [0.05, 0.1) is 5.25 Å². The summed E-state index contributed by atoms with van der Waals surface area (Å²) in [6, 6.07) is 16.9. The first-order valence-electron chi connectivity index (χ1n) is 9.30. The first-order valence-corrected chi connectivity index (χ1v) is 10.2. The molecule has 4 rings (SSSR count). The molecule has 7 heteroatoms. The molecule has 3 aromatic rings. The molecule has 1 saturated carbocycles. The van der Waals surface area contributed by atoms with Crippen LogP contribution in [-0.2, 0) is 11.8 Å². The van der Waals surface area contributed by atoms with E-state index in [9.17, 15) is 4.79 Å². The van der Waals surface area contributed by atoms with Gasteiger partial charge in [0.2, 0.25) is 5.91 Å². The van der Waals surface area contributed by atoms with Crippen LogP contribution >= 0.6 is 11.8 Å². The first kappa shape index (κ1) is 18.6. The summed E-state index contributed by atoms with van der Waals surface area (Å²) in [5.74, 6) is 2.98. The van der Waals surface area contributed by atoms with Crippen LogP contribution < -0.4 is 10.1 Å². The fourth-order valence-corrected chi connectivity index (χ4v) is 3.63. The largest absolute Gasteiger partial charge is 0.457 e. The fraction of sp³-hybridized carbons (Fsp3) is 0.286. The minimum absolute atomic E-state index is 0.0716. The molecule has 1 fully saturated rings. The van der Waals surface area contributed by atoms with Gasteiger partial charge < -0.3 is 14.6 Å². The monoisotopic (exact) mass is 394 g/mol. The van der Waals surface area contributed by atoms with Gasteiger partial charge in [0.25, 0.3) is 0 Å². The van der Waals surface area contributed by atoms with E-state index in [1.807, 2.05) is 73.1 Å². The molecule has 1 aliphatic carbocycles. The Labute approximate surface area is 168 Å². The van der Waals surface area contributed by atoms with Crippen molar-refractivity contribution in [3.05, 3.63) is 60.4 Å². The lowest BCUT2D eigenvalue weighted by molar-refractivity contribution is -0.115. The lowest BCUT2D eigenvalue weighted by Gasteiger charge is -2.12. The Hall–Kier alpha value is -2.80. The Bertz CT molecular complexity index is 952. The van der Waals surface area contributed by atoms with E-state index in [0.29, 0.717) is 5.92 Å². The molecule has 6 nitrogen and oxygen atoms in total. The van der Waals surface area contributed by atoms with E-state index >= 15 is 0 Å². The molecule has 1 N–H and O–H groups in total. The van der Waals surface area contributed by atoms with Crippen molar-refractivity contribution in [1.29, 1.82) is 0 Å². The number of rotatable bonds is 7. The van der Waals surface area contributed by atoms with Crippen molar-refractivity contribution in [2.24, 2.45) is 7.05 Å². The van der Waals surface area contributed by atoms with Crippen LogP contribution in [0.4, 0.5) is 5.69 Å². The van der Waals surface area contributed by atoms with Crippen molar-refractivity contribution in [2.75, 3.05) is 5.32 Å². The molecule has 28 heavy (non-hydrogen) atoms. The molecule has 0 spiro atoms. The van der Waals surface area contributed by atoms with Gasteiger partial charge in [0, 0.05) is 18.7 Å². The van der Waals surface area contributed by atoms with Crippen molar-refractivity contribution in [1.82, 2.24) is 14.8 Å². The third-order valence-corrected chi connectivity index (χ3v) is 5.70. The van der Waals surface area contributed by atoms with Crippen molar-refractivity contribution in [2.45, 2.75) is 36.1 Å². The molecule has 1 amide bonds. The molecule has 1 aromatic heterocycles. The zero-order valence-corrected chi connectivity index (χ0v) is 16.6. The molecule has 1 atom stereocenters. The predicted molar refractivity (Wildman–Crippen MR) is 110 cm³/mol. The maximum atomic E-state index is 12.5. The minimum atomic E-state index is -0.282. The van der Waals surface area contributed by atoms with Gasteiger partial charge in [0.1, 0.15) is 17.3 Å². The van der Waals surface area contributed by atoms with E-state index in [-0.39, 0.29) is 11.2 Å². The van der Waals surface area contributed by atoms with Crippen molar-refractivity contribution < 1.29 is 9.53 Å². The maximum absolute atomic E-state index is 12.5. The summed E-state index contributed by atoms with van der Waals surface area (Å²) in [5.41, 5.74) is 0.731. The summed E-state index contributed by atoms with van der Waals surface area (Å²) < 4.78 is 7.77. The normalized spacial score (nSPS) is 14.5. The first-order chi connectivity index (χ1) is 13.6. The number of anilines is 1. The van der Waals surface area contributed by atoms with E-state index in [0.717, 1.165) is 28.2 Å². The van der Waals surface area contributed by atoms with Gasteiger partial charge in [-0.2, -0.15) is 0 Å². The molecule has 1 unspecified atom stereocenters. The number of carbonyl (C=O) groups is 1. The number of thioether (sulfide) groups is 1. The Balaban J connectivity index is 1.33. The Morgan fingerprint density at radius 3 is 2.46 bits per heavy atom. The van der Waals surface area contributed by atoms with Crippen LogP contribution in [0.25, 0.3) is 0 Å². The van der Waals surface area contributed by atoms with Gasteiger partial charge in [-0.05, 0) is 56.2 Å². The number of nitrogens with one attached hydrogen (secondary N) is 1. The fourth-order valence-electron chi connectivity index (χ4n) is 2.81. The number of para-hydroxylation sites is 1. The number of amides is 1. The molecule has 1 aliphatic rings. The molecule has 144 valence electrons. The molecular formula is C21H22N4O2S. The summed E-state index contributed by atoms with van der Waals surface area (Å²) in [4.78, 5) is 12.5. The Morgan fingerprint density at radius 2 is 1.79 bits per heavy atom. The van der Waals surface area contributed by atoms with E-state index in [1.165, 1.54) is 24.6 Å². The average Bonchev–Trinajstić information content (AvgIpc) is 3.48. The number of ether oxygens (including phenoxy) is 1. The van der Waals surface area contributed by atoms with Crippen LogP contribution in [0, 0.1) is 0 Å². The van der Waals surface area contributed by atoms with E-state index in [4.69, 9.17) is 4.74 Å². The van der Waals surface area contributed by atoms with Crippen LogP contribution in [0.2, 0.25) is 0 Å². The number of nitrogens with zero attached hydrogens (tertiary/aromatic N) is 3. The van der Waals surface area contributed by atoms with Gasteiger partial charge in [-0.25, -0.2) is 0 Å². The summed E-state index contributed by atoms with van der Waals surface area (Å²) in [6.07, 6.45) is 2.35. The number of aromatic nitrogens is 3. The van der Waals surface area contributed by atoms with Crippen molar-refractivity contribution >= 4 is 23.4 Å². The van der Waals surface area contributed by atoms with E-state index < -0.39 is 0 Å². The summed E-state index contributed by atoms with van der Waals surface area (Å²) in [7, 11) is 1.96. The highest BCUT2D eigenvalue weighted by Crippen LogP contribution is 2.39. The van der Waals surface area contributed by atoms with Crippen LogP contribution in [-0.4, -0.2) is 25.9 Å². The minimum Gasteiger partial charge on any atom is -0.457 e. The Morgan fingerprint density at radius 1 is 1.11 bits per heavy atom. The SMILES string of the molecule is CC(Sc1nnc(C2CC2)n1C)C(=O)Nc1ccc(Oc2ccccc2)cc1. The summed E-state index contributed by atoms with van der Waals surface area (Å²) >= 11 is 1.42. The number of hydrogen-bond acceptors (Lipinski definition) is 5. The second kappa shape index (κ2) is 8.06. The van der Waals surface area contributed by atoms with E-state index in [2.05, 4.69) is 15.5 Å². The molecule has 0 saturated heterocycles. The van der Waals surface area contributed by atoms with Crippen LogP contribution in [0.3, 0.4) is 0 Å². The van der Waals surface area contributed by atoms with Crippen molar-refractivity contribution in [3.63, 3.8) is 0 Å². The molecule has 0 aliphatic heterocycles. The maximum Gasteiger partial charge on any atom is 0.237 e. The summed E-state index contributed by atoms with van der Waals surface area (Å²) in [5, 5.41) is 11.9. The predicted octanol–water partition coefficient (Wildman–Crippen LogP) is 4.60. The quantitative estimate of drug-likeness (QED) is 0.593. The Kier molecular flexibility index (Phi) is 5.34. The van der Waals surface area contributed by atoms with Gasteiger partial charge in [-0.15, -0.1) is 10.2 Å². The van der Waals surface area contributed by atoms with Crippen LogP contribution in [0.15, 0.2) is 59.8 Å². The topological polar surface area (TPSA) is 69.0 Å². The summed E-state index contributed by atoms with van der Waals surface area (Å²) in [6.45, 7) is 1.87. The van der Waals surface area contributed by atoms with Gasteiger partial charge in [-0.3, -0.25) is 4.79 Å². The smallest absolute Gasteiger partial charge is 0.237 e. The number of benzene rings is 2. The zero-order chi connectivity index (χ0) is 19.5. The van der Waals surface area contributed by atoms with E-state index in [1.54, 1.807) is 0 Å². The van der Waals surface area contributed by atoms with Crippen molar-refractivity contribution in [3.8, 4) is 11.5 Å². The lowest BCUT2D eigenvalue weighted by Crippen LogP contribution is -2.22. The highest BCUT2D eigenvalue weighted by Gasteiger charge is 2.30. The van der Waals surface area contributed by atoms with Gasteiger partial charge in [0.15, 0.2) is 5.16 Å². The molecular weight excluding hydrogens is 372 g/mol. The number of hydrogen-bond donors (Lipinski definition) is 1. The molecule has 2 aromatic carbocycles. The van der Waals surface area contributed by atoms with Crippen LogP contribution in [0.1, 0.15) is 31.5 Å². The molecule has 0 bridgehead atoms. The second-order valence-corrected chi connectivity index (χ2v) is 8.17. The lowest BCUT2D eigenvalue weighted by atomic mass is 10.3. The standard InChI is InChI=1S/C21H22N4O2S/c1-14(28-21-24-23-19(25(21)2)15-8-9-15)20(26)22-16-10-12-18(13-11-16)27-17-6-4-3-5-7-17/h3-7,10-15H,8-9H2,1-2H3,(H,22,26). The third-order valence-electron chi connectivity index (χ3n) is 4.56. The third kappa shape index (κ3) is 4.36. The number of carbonyl (C=O) groups excluding carboxylic acids is 1. The highest BCUT2D eigenvalue weighted by atomic mass is 32.2. The van der Waals surface area contributed by atoms with Crippen LogP contribution in [0.5, 0.6) is 11.5 Å². The average molecular weight is 395 g/mol. The molecule has 1 heterocycles. The zero-order valence-electron chi connectivity index (χ0n) is 15.8. The van der Waals surface area contributed by atoms with Gasteiger partial charge >= 0.3 is 0 Å². The highest BCUT2D eigenvalue weighted by molar-refractivity contribution is 8.00. The second-order valence-electron chi connectivity index (χ2n) is 6.86.